The smallest absolute Gasteiger partial charge is 0.336 e. The van der Waals surface area contributed by atoms with Crippen molar-refractivity contribution in [1.82, 2.24) is 14.8 Å². The zero-order valence-corrected chi connectivity index (χ0v) is 18.1. The fourth-order valence-corrected chi connectivity index (χ4v) is 3.29. The molecule has 0 unspecified atom stereocenters. The molecule has 0 spiro atoms. The molecular weight excluding hydrogens is 422 g/mol. The van der Waals surface area contributed by atoms with E-state index < -0.39 is 4.92 Å². The number of hydrogen-bond acceptors (Lipinski definition) is 6. The van der Waals surface area contributed by atoms with Gasteiger partial charge in [0.25, 0.3) is 11.6 Å². The normalized spacial score (nSPS) is 10.6. The van der Waals surface area contributed by atoms with E-state index in [1.54, 1.807) is 16.8 Å². The lowest BCUT2D eigenvalue weighted by atomic mass is 10.1. The van der Waals surface area contributed by atoms with Gasteiger partial charge in [-0.3, -0.25) is 14.9 Å². The zero-order chi connectivity index (χ0) is 23.4. The number of aromatic nitrogens is 3. The second-order valence-electron chi connectivity index (χ2n) is 7.18. The Kier molecular flexibility index (Phi) is 6.12. The minimum Gasteiger partial charge on any atom is -0.463 e. The molecule has 4 aromatic rings. The fraction of sp³-hybridized carbons (Fsp3) is 0.125. The molecule has 1 heterocycles. The van der Waals surface area contributed by atoms with E-state index in [1.165, 1.54) is 24.3 Å². The molecule has 1 amide bonds. The first-order chi connectivity index (χ1) is 16.0. The van der Waals surface area contributed by atoms with Crippen LogP contribution in [0.25, 0.3) is 17.1 Å². The quantitative estimate of drug-likeness (QED) is 0.324. The molecule has 33 heavy (non-hydrogen) atoms. The molecule has 0 aliphatic carbocycles. The first-order valence-corrected chi connectivity index (χ1v) is 10.3. The van der Waals surface area contributed by atoms with Gasteiger partial charge in [0.2, 0.25) is 0 Å². The molecule has 0 aliphatic rings. The maximum atomic E-state index is 12.5. The number of nitrogens with one attached hydrogen (secondary N) is 1. The second kappa shape index (κ2) is 9.31. The van der Waals surface area contributed by atoms with Gasteiger partial charge in [-0.1, -0.05) is 24.3 Å². The van der Waals surface area contributed by atoms with Crippen LogP contribution in [-0.4, -0.2) is 32.2 Å². The van der Waals surface area contributed by atoms with Crippen LogP contribution in [0.2, 0.25) is 0 Å². The summed E-state index contributed by atoms with van der Waals surface area (Å²) in [6, 6.07) is 20.7. The Morgan fingerprint density at radius 3 is 2.39 bits per heavy atom. The summed E-state index contributed by atoms with van der Waals surface area (Å²) in [4.78, 5) is 27.3. The zero-order valence-electron chi connectivity index (χ0n) is 18.1. The van der Waals surface area contributed by atoms with Gasteiger partial charge in [-0.15, -0.1) is 5.10 Å². The number of nitrogens with zero attached hydrogens (tertiary/aromatic N) is 4. The Labute approximate surface area is 189 Å². The summed E-state index contributed by atoms with van der Waals surface area (Å²) in [7, 11) is 0. The summed E-state index contributed by atoms with van der Waals surface area (Å²) >= 11 is 0. The van der Waals surface area contributed by atoms with Crippen molar-refractivity contribution >= 4 is 17.3 Å². The Bertz CT molecular complexity index is 1300. The summed E-state index contributed by atoms with van der Waals surface area (Å²) in [5.74, 6) is 0.289. The maximum Gasteiger partial charge on any atom is 0.336 e. The highest BCUT2D eigenvalue weighted by Crippen LogP contribution is 2.27. The van der Waals surface area contributed by atoms with Gasteiger partial charge >= 0.3 is 6.01 Å². The Balaban J connectivity index is 1.58. The molecular formula is C24H21N5O4. The van der Waals surface area contributed by atoms with E-state index in [0.29, 0.717) is 23.7 Å². The number of hydrogen-bond donors (Lipinski definition) is 1. The van der Waals surface area contributed by atoms with Gasteiger partial charge in [-0.25, -0.2) is 4.68 Å². The monoisotopic (exact) mass is 443 g/mol. The van der Waals surface area contributed by atoms with E-state index in [1.807, 2.05) is 50.2 Å². The van der Waals surface area contributed by atoms with E-state index in [4.69, 9.17) is 4.74 Å². The van der Waals surface area contributed by atoms with Crippen molar-refractivity contribution in [1.29, 1.82) is 0 Å². The molecule has 1 aromatic heterocycles. The maximum absolute atomic E-state index is 12.5. The SMILES string of the molecule is CCOc1nc(-c2ccccc2C)n(-c2ccc(NC(=O)c3ccc([N+](=O)[O-])cc3)cc2)n1. The Morgan fingerprint density at radius 1 is 1.06 bits per heavy atom. The summed E-state index contributed by atoms with van der Waals surface area (Å²) in [5, 5.41) is 18.1. The predicted octanol–water partition coefficient (Wildman–Crippen LogP) is 4.80. The number of nitro benzene ring substituents is 1. The summed E-state index contributed by atoms with van der Waals surface area (Å²) in [5.41, 5.74) is 3.57. The summed E-state index contributed by atoms with van der Waals surface area (Å²) < 4.78 is 7.22. The van der Waals surface area contributed by atoms with E-state index in [9.17, 15) is 14.9 Å². The molecule has 0 atom stereocenters. The van der Waals surface area contributed by atoms with Crippen LogP contribution in [0.3, 0.4) is 0 Å². The Morgan fingerprint density at radius 2 is 1.76 bits per heavy atom. The van der Waals surface area contributed by atoms with Crippen molar-refractivity contribution in [3.63, 3.8) is 0 Å². The molecule has 3 aromatic carbocycles. The largest absolute Gasteiger partial charge is 0.463 e. The third kappa shape index (κ3) is 4.72. The summed E-state index contributed by atoms with van der Waals surface area (Å²) in [6.07, 6.45) is 0. The van der Waals surface area contributed by atoms with Crippen LogP contribution in [0.1, 0.15) is 22.8 Å². The summed E-state index contributed by atoms with van der Waals surface area (Å²) in [6.45, 7) is 4.33. The fourth-order valence-electron chi connectivity index (χ4n) is 3.29. The first-order valence-electron chi connectivity index (χ1n) is 10.3. The number of benzene rings is 3. The van der Waals surface area contributed by atoms with Crippen molar-refractivity contribution in [2.75, 3.05) is 11.9 Å². The molecule has 9 heteroatoms. The van der Waals surface area contributed by atoms with Gasteiger partial charge in [-0.2, -0.15) is 4.98 Å². The van der Waals surface area contributed by atoms with Gasteiger partial charge < -0.3 is 10.1 Å². The number of aryl methyl sites for hydroxylation is 1. The lowest BCUT2D eigenvalue weighted by molar-refractivity contribution is -0.384. The third-order valence-corrected chi connectivity index (χ3v) is 4.96. The molecule has 0 saturated heterocycles. The topological polar surface area (TPSA) is 112 Å². The second-order valence-corrected chi connectivity index (χ2v) is 7.18. The van der Waals surface area contributed by atoms with Crippen LogP contribution in [0, 0.1) is 17.0 Å². The van der Waals surface area contributed by atoms with Crippen LogP contribution < -0.4 is 10.1 Å². The molecule has 4 rings (SSSR count). The van der Waals surface area contributed by atoms with Crippen LogP contribution in [0.4, 0.5) is 11.4 Å². The van der Waals surface area contributed by atoms with E-state index in [0.717, 1.165) is 16.8 Å². The van der Waals surface area contributed by atoms with Gasteiger partial charge in [0, 0.05) is 28.9 Å². The molecule has 0 aliphatic heterocycles. The number of amides is 1. The molecule has 0 saturated carbocycles. The number of non-ortho nitro benzene ring substituents is 1. The van der Waals surface area contributed by atoms with Crippen LogP contribution in [-0.2, 0) is 0 Å². The number of carbonyl (C=O) groups excluding carboxylic acids is 1. The lowest BCUT2D eigenvalue weighted by Crippen LogP contribution is -2.12. The predicted molar refractivity (Wildman–Crippen MR) is 124 cm³/mol. The number of anilines is 1. The lowest BCUT2D eigenvalue weighted by Gasteiger charge is -2.09. The first kappa shape index (κ1) is 21.7. The number of carbonyl (C=O) groups is 1. The molecule has 0 radical (unpaired) electrons. The van der Waals surface area contributed by atoms with E-state index in [-0.39, 0.29) is 17.6 Å². The average Bonchev–Trinajstić information content (AvgIpc) is 3.23. The van der Waals surface area contributed by atoms with Crippen LogP contribution >= 0.6 is 0 Å². The minimum absolute atomic E-state index is 0.0698. The molecule has 166 valence electrons. The Hall–Kier alpha value is -4.53. The van der Waals surface area contributed by atoms with Gasteiger partial charge in [0.05, 0.1) is 17.2 Å². The highest BCUT2D eigenvalue weighted by molar-refractivity contribution is 6.04. The van der Waals surface area contributed by atoms with Gasteiger partial charge in [-0.05, 0) is 55.8 Å². The number of nitro groups is 1. The van der Waals surface area contributed by atoms with Crippen molar-refractivity contribution < 1.29 is 14.5 Å². The van der Waals surface area contributed by atoms with Crippen molar-refractivity contribution in [2.45, 2.75) is 13.8 Å². The number of rotatable bonds is 7. The highest BCUT2D eigenvalue weighted by Gasteiger charge is 2.16. The minimum atomic E-state index is -0.507. The van der Waals surface area contributed by atoms with Crippen molar-refractivity contribution in [2.24, 2.45) is 0 Å². The molecule has 1 N–H and O–H groups in total. The van der Waals surface area contributed by atoms with Crippen LogP contribution in [0.5, 0.6) is 6.01 Å². The molecule has 9 nitrogen and oxygen atoms in total. The van der Waals surface area contributed by atoms with Crippen LogP contribution in [0.15, 0.2) is 72.8 Å². The highest BCUT2D eigenvalue weighted by atomic mass is 16.6. The molecule has 0 bridgehead atoms. The molecule has 0 fully saturated rings. The third-order valence-electron chi connectivity index (χ3n) is 4.96. The van der Waals surface area contributed by atoms with Gasteiger partial charge in [0.1, 0.15) is 0 Å². The number of ether oxygens (including phenoxy) is 1. The average molecular weight is 443 g/mol. The van der Waals surface area contributed by atoms with Gasteiger partial charge in [0.15, 0.2) is 5.82 Å². The van der Waals surface area contributed by atoms with E-state index >= 15 is 0 Å². The van der Waals surface area contributed by atoms with Crippen molar-refractivity contribution in [3.8, 4) is 23.1 Å². The van der Waals surface area contributed by atoms with Crippen molar-refractivity contribution in [3.05, 3.63) is 94.0 Å². The standard InChI is InChI=1S/C24H21N5O4/c1-3-33-24-26-22(21-7-5-4-6-16(21)2)28(27-24)19-14-10-18(11-15-19)25-23(30)17-8-12-20(13-9-17)29(31)32/h4-15H,3H2,1-2H3,(H,25,30). The van der Waals surface area contributed by atoms with E-state index in [2.05, 4.69) is 15.4 Å².